The zero-order chi connectivity index (χ0) is 24.4. The highest BCUT2D eigenvalue weighted by Gasteiger charge is 2.29. The molecule has 1 aliphatic heterocycles. The zero-order valence-corrected chi connectivity index (χ0v) is 21.2. The summed E-state index contributed by atoms with van der Waals surface area (Å²) in [5.74, 6) is -0.183. The van der Waals surface area contributed by atoms with E-state index in [2.05, 4.69) is 55.3 Å². The van der Waals surface area contributed by atoms with E-state index in [1.807, 2.05) is 0 Å². The van der Waals surface area contributed by atoms with Crippen molar-refractivity contribution < 1.29 is 9.00 Å². The van der Waals surface area contributed by atoms with Crippen LogP contribution < -0.4 is 10.5 Å². The summed E-state index contributed by atoms with van der Waals surface area (Å²) in [5, 5.41) is 18.9. The van der Waals surface area contributed by atoms with Gasteiger partial charge < -0.3 is 5.32 Å². The second-order valence-corrected chi connectivity index (χ2v) is 11.0. The number of nitrogens with two attached hydrogens (primary N) is 1. The summed E-state index contributed by atoms with van der Waals surface area (Å²) in [7, 11) is -1.54. The second kappa shape index (κ2) is 10.2. The van der Waals surface area contributed by atoms with Crippen LogP contribution in [0.4, 0.5) is 5.00 Å². The number of aryl methyl sites for hydroxylation is 2. The molecule has 1 amide bonds. The van der Waals surface area contributed by atoms with E-state index in [0.29, 0.717) is 28.0 Å². The molecule has 4 rings (SSSR count). The number of anilines is 1. The Balaban J connectivity index is 1.50. The molecule has 0 aliphatic carbocycles. The number of fused-ring (bicyclic) bond motifs is 1. The average molecular weight is 493 g/mol. The predicted octanol–water partition coefficient (Wildman–Crippen LogP) is 4.35. The minimum Gasteiger partial charge on any atom is -0.316 e. The van der Waals surface area contributed by atoms with E-state index in [4.69, 9.17) is 5.14 Å². The first-order chi connectivity index (χ1) is 16.2. The summed E-state index contributed by atoms with van der Waals surface area (Å²) in [6, 6.07) is 16.0. The van der Waals surface area contributed by atoms with Crippen LogP contribution in [0.25, 0.3) is 0 Å². The summed E-state index contributed by atoms with van der Waals surface area (Å²) in [6.07, 6.45) is 1.02. The molecule has 0 radical (unpaired) electrons. The van der Waals surface area contributed by atoms with E-state index in [1.54, 1.807) is 24.3 Å². The molecule has 0 spiro atoms. The molecular weight excluding hydrogens is 464 g/mol. The van der Waals surface area contributed by atoms with Crippen molar-refractivity contribution in [2.45, 2.75) is 57.6 Å². The Morgan fingerprint density at radius 2 is 2.00 bits per heavy atom. The third kappa shape index (κ3) is 5.29. The topological polar surface area (TPSA) is 99.2 Å². The van der Waals surface area contributed by atoms with Gasteiger partial charge in [-0.2, -0.15) is 5.26 Å². The first kappa shape index (κ1) is 24.3. The van der Waals surface area contributed by atoms with Crippen LogP contribution in [0.3, 0.4) is 0 Å². The smallest absolute Gasteiger partial charge is 0.229 e. The molecule has 6 nitrogen and oxygen atoms in total. The van der Waals surface area contributed by atoms with Crippen LogP contribution >= 0.6 is 11.3 Å². The SMILES string of the molecule is Cc1ccc(C)c(CN2Cc3c(sc(NC(=O)Cc4ccc(S(N)=O)cc4)c3C#N)CC2C)c1. The fourth-order valence-electron chi connectivity index (χ4n) is 4.31. The van der Waals surface area contributed by atoms with Gasteiger partial charge in [-0.25, -0.2) is 9.35 Å². The van der Waals surface area contributed by atoms with Gasteiger partial charge >= 0.3 is 0 Å². The zero-order valence-electron chi connectivity index (χ0n) is 19.6. The van der Waals surface area contributed by atoms with Crippen LogP contribution in [0, 0.1) is 25.2 Å². The van der Waals surface area contributed by atoms with Crippen molar-refractivity contribution in [1.82, 2.24) is 4.90 Å². The van der Waals surface area contributed by atoms with E-state index < -0.39 is 11.0 Å². The number of nitrogens with one attached hydrogen (secondary N) is 1. The van der Waals surface area contributed by atoms with Crippen molar-refractivity contribution in [3.63, 3.8) is 0 Å². The molecule has 0 fully saturated rings. The Kier molecular flexibility index (Phi) is 7.29. The molecule has 1 aliphatic rings. The molecule has 8 heteroatoms. The number of hydrogen-bond donors (Lipinski definition) is 2. The number of carbonyl (C=O) groups is 1. The van der Waals surface area contributed by atoms with Crippen LogP contribution in [0.2, 0.25) is 0 Å². The number of hydrogen-bond acceptors (Lipinski definition) is 5. The van der Waals surface area contributed by atoms with Crippen LogP contribution in [-0.2, 0) is 41.7 Å². The number of thiophene rings is 1. The van der Waals surface area contributed by atoms with Gasteiger partial charge in [0.15, 0.2) is 0 Å². The van der Waals surface area contributed by atoms with Gasteiger partial charge in [-0.1, -0.05) is 35.9 Å². The van der Waals surface area contributed by atoms with Crippen molar-refractivity contribution in [3.05, 3.63) is 80.7 Å². The van der Waals surface area contributed by atoms with E-state index in [1.165, 1.54) is 32.9 Å². The van der Waals surface area contributed by atoms with Gasteiger partial charge in [0.1, 0.15) is 22.1 Å². The lowest BCUT2D eigenvalue weighted by atomic mass is 9.97. The number of nitrogens with zero attached hydrogens (tertiary/aromatic N) is 2. The molecule has 1 aromatic heterocycles. The van der Waals surface area contributed by atoms with Gasteiger partial charge in [0.25, 0.3) is 0 Å². The molecule has 34 heavy (non-hydrogen) atoms. The Labute approximate surface area is 207 Å². The van der Waals surface area contributed by atoms with Gasteiger partial charge in [-0.15, -0.1) is 11.3 Å². The Morgan fingerprint density at radius 3 is 2.68 bits per heavy atom. The lowest BCUT2D eigenvalue weighted by Gasteiger charge is -2.34. The summed E-state index contributed by atoms with van der Waals surface area (Å²) >= 11 is 1.51. The largest absolute Gasteiger partial charge is 0.316 e. The highest BCUT2D eigenvalue weighted by atomic mass is 32.2. The van der Waals surface area contributed by atoms with Crippen LogP contribution in [0.5, 0.6) is 0 Å². The normalized spacial score (nSPS) is 16.5. The Hall–Kier alpha value is -2.83. The highest BCUT2D eigenvalue weighted by molar-refractivity contribution is 7.82. The molecule has 0 bridgehead atoms. The molecule has 0 saturated carbocycles. The third-order valence-electron chi connectivity index (χ3n) is 6.32. The van der Waals surface area contributed by atoms with E-state index in [-0.39, 0.29) is 12.3 Å². The monoisotopic (exact) mass is 492 g/mol. The van der Waals surface area contributed by atoms with Crippen LogP contribution in [0.1, 0.15) is 45.2 Å². The van der Waals surface area contributed by atoms with Crippen molar-refractivity contribution in [1.29, 1.82) is 5.26 Å². The number of amides is 1. The van der Waals surface area contributed by atoms with E-state index in [9.17, 15) is 14.3 Å². The molecule has 2 heterocycles. The number of benzene rings is 2. The first-order valence-electron chi connectivity index (χ1n) is 11.1. The van der Waals surface area contributed by atoms with E-state index >= 15 is 0 Å². The quantitative estimate of drug-likeness (QED) is 0.534. The fraction of sp³-hybridized carbons (Fsp3) is 0.308. The van der Waals surface area contributed by atoms with Gasteiger partial charge in [0.05, 0.1) is 16.9 Å². The molecule has 2 aromatic carbocycles. The van der Waals surface area contributed by atoms with E-state index in [0.717, 1.165) is 24.1 Å². The standard InChI is InChI=1S/C26H28N4O2S2/c1-16-4-5-17(2)20(10-16)14-30-15-23-22(13-27)26(33-24(23)11-18(30)3)29-25(31)12-19-6-8-21(9-7-19)34(28)32/h4-10,18H,11-12,14-15,28H2,1-3H3,(H,29,31). The average Bonchev–Trinajstić information content (AvgIpc) is 3.12. The van der Waals surface area contributed by atoms with Crippen molar-refractivity contribution in [3.8, 4) is 6.07 Å². The minimum absolute atomic E-state index is 0.167. The highest BCUT2D eigenvalue weighted by Crippen LogP contribution is 2.39. The molecule has 3 N–H and O–H groups in total. The van der Waals surface area contributed by atoms with Crippen LogP contribution in [-0.4, -0.2) is 21.1 Å². The lowest BCUT2D eigenvalue weighted by molar-refractivity contribution is -0.115. The maximum Gasteiger partial charge on any atom is 0.229 e. The molecule has 2 unspecified atom stereocenters. The molecule has 176 valence electrons. The summed E-state index contributed by atoms with van der Waals surface area (Å²) in [5.41, 5.74) is 6.21. The molecular formula is C26H28N4O2S2. The lowest BCUT2D eigenvalue weighted by Crippen LogP contribution is -2.37. The Bertz CT molecular complexity index is 1290. The Morgan fingerprint density at radius 1 is 1.26 bits per heavy atom. The second-order valence-electron chi connectivity index (χ2n) is 8.87. The van der Waals surface area contributed by atoms with Gasteiger partial charge in [-0.3, -0.25) is 9.69 Å². The molecule has 0 saturated heterocycles. The summed E-state index contributed by atoms with van der Waals surface area (Å²) < 4.78 is 11.3. The van der Waals surface area contributed by atoms with Crippen molar-refractivity contribution in [2.75, 3.05) is 5.32 Å². The van der Waals surface area contributed by atoms with Crippen molar-refractivity contribution in [2.24, 2.45) is 5.14 Å². The number of nitriles is 1. The van der Waals surface area contributed by atoms with Gasteiger partial charge in [0.2, 0.25) is 5.91 Å². The van der Waals surface area contributed by atoms with Gasteiger partial charge in [0, 0.05) is 29.6 Å². The maximum absolute atomic E-state index is 12.7. The third-order valence-corrected chi connectivity index (χ3v) is 8.23. The number of rotatable bonds is 6. The summed E-state index contributed by atoms with van der Waals surface area (Å²) in [4.78, 5) is 16.8. The fourth-order valence-corrected chi connectivity index (χ4v) is 6.01. The van der Waals surface area contributed by atoms with Crippen LogP contribution in [0.15, 0.2) is 47.4 Å². The van der Waals surface area contributed by atoms with Crippen molar-refractivity contribution >= 4 is 33.2 Å². The first-order valence-corrected chi connectivity index (χ1v) is 13.2. The minimum atomic E-state index is -1.54. The molecule has 3 aromatic rings. The van der Waals surface area contributed by atoms with Gasteiger partial charge in [-0.05, 0) is 56.0 Å². The maximum atomic E-state index is 12.7. The molecule has 2 atom stereocenters. The summed E-state index contributed by atoms with van der Waals surface area (Å²) in [6.45, 7) is 7.99. The number of carbonyl (C=O) groups excluding carboxylic acids is 1. The predicted molar refractivity (Wildman–Crippen MR) is 137 cm³/mol.